The first kappa shape index (κ1) is 16.7. The molecule has 0 aromatic carbocycles. The summed E-state index contributed by atoms with van der Waals surface area (Å²) in [6.07, 6.45) is 3.20. The quantitative estimate of drug-likeness (QED) is 0.443. The molecule has 1 aliphatic rings. The summed E-state index contributed by atoms with van der Waals surface area (Å²) in [5, 5.41) is 9.14. The molecule has 1 saturated carbocycles. The minimum Gasteiger partial charge on any atom is -0.481 e. The van der Waals surface area contributed by atoms with Gasteiger partial charge in [-0.1, -0.05) is 19.6 Å². The van der Waals surface area contributed by atoms with Gasteiger partial charge in [-0.05, 0) is 38.7 Å². The molecule has 0 aromatic heterocycles. The van der Waals surface area contributed by atoms with Gasteiger partial charge < -0.3 is 14.6 Å². The molecule has 0 heterocycles. The van der Waals surface area contributed by atoms with Gasteiger partial charge in [-0.15, -0.1) is 0 Å². The topological polar surface area (TPSA) is 55.8 Å². The van der Waals surface area contributed by atoms with E-state index in [-0.39, 0.29) is 6.10 Å². The molecule has 0 amide bonds. The summed E-state index contributed by atoms with van der Waals surface area (Å²) in [4.78, 5) is 11.1. The van der Waals surface area contributed by atoms with Crippen molar-refractivity contribution in [1.82, 2.24) is 0 Å². The Kier molecular flexibility index (Phi) is 6.01. The number of carboxylic acid groups (broad SMARTS) is 1. The van der Waals surface area contributed by atoms with Crippen LogP contribution in [0.1, 0.15) is 32.6 Å². The summed E-state index contributed by atoms with van der Waals surface area (Å²) in [5.74, 6) is -0.683. The van der Waals surface area contributed by atoms with Crippen molar-refractivity contribution in [3.8, 4) is 0 Å². The van der Waals surface area contributed by atoms with Crippen molar-refractivity contribution >= 4 is 14.0 Å². The van der Waals surface area contributed by atoms with Crippen LogP contribution in [0, 0.1) is 5.41 Å². The van der Waals surface area contributed by atoms with Crippen LogP contribution in [0.4, 0.5) is 0 Å². The van der Waals surface area contributed by atoms with E-state index < -0.39 is 19.5 Å². The number of hydrogen-bond donors (Lipinski definition) is 1. The molecule has 112 valence electrons. The molecule has 0 aromatic rings. The third-order valence-electron chi connectivity index (χ3n) is 3.94. The van der Waals surface area contributed by atoms with Gasteiger partial charge in [0, 0.05) is 14.7 Å². The maximum absolute atomic E-state index is 11.1. The Balaban J connectivity index is 2.12. The van der Waals surface area contributed by atoms with Gasteiger partial charge in [0.05, 0.1) is 11.5 Å². The molecule has 0 spiro atoms. The van der Waals surface area contributed by atoms with E-state index in [0.29, 0.717) is 19.6 Å². The van der Waals surface area contributed by atoms with Gasteiger partial charge in [-0.2, -0.15) is 0 Å². The van der Waals surface area contributed by atoms with E-state index in [1.165, 1.54) is 0 Å². The van der Waals surface area contributed by atoms with Crippen LogP contribution in [0.15, 0.2) is 0 Å². The molecule has 0 atom stereocenters. The number of carboxylic acids is 1. The fourth-order valence-corrected chi connectivity index (χ4v) is 2.95. The van der Waals surface area contributed by atoms with Crippen LogP contribution in [0.2, 0.25) is 25.7 Å². The first-order valence-corrected chi connectivity index (χ1v) is 10.9. The average Bonchev–Trinajstić information content (AvgIpc) is 2.29. The number of carbonyl (C=O) groups is 1. The van der Waals surface area contributed by atoms with E-state index >= 15 is 0 Å². The number of hydrogen-bond acceptors (Lipinski definition) is 3. The minimum atomic E-state index is -1.02. The van der Waals surface area contributed by atoms with Crippen LogP contribution in [-0.2, 0) is 14.3 Å². The Morgan fingerprint density at radius 3 is 2.37 bits per heavy atom. The van der Waals surface area contributed by atoms with E-state index in [9.17, 15) is 4.79 Å². The predicted molar refractivity (Wildman–Crippen MR) is 78.1 cm³/mol. The molecular formula is C14H28O4Si. The molecule has 0 unspecified atom stereocenters. The second-order valence-corrected chi connectivity index (χ2v) is 12.7. The first-order chi connectivity index (χ1) is 8.73. The SMILES string of the molecule is CC1(C(=O)O)CCC(OCOCC[Si](C)(C)C)CC1. The Morgan fingerprint density at radius 1 is 1.32 bits per heavy atom. The van der Waals surface area contributed by atoms with Gasteiger partial charge in [-0.3, -0.25) is 4.79 Å². The Morgan fingerprint density at radius 2 is 1.89 bits per heavy atom. The Hall–Kier alpha value is -0.393. The molecule has 5 heteroatoms. The van der Waals surface area contributed by atoms with Gasteiger partial charge in [0.25, 0.3) is 0 Å². The summed E-state index contributed by atoms with van der Waals surface area (Å²) < 4.78 is 11.2. The number of ether oxygens (including phenoxy) is 2. The highest BCUT2D eigenvalue weighted by molar-refractivity contribution is 6.76. The van der Waals surface area contributed by atoms with Crippen molar-refractivity contribution < 1.29 is 19.4 Å². The van der Waals surface area contributed by atoms with Crippen LogP contribution in [-0.4, -0.2) is 38.7 Å². The zero-order chi connectivity index (χ0) is 14.5. The van der Waals surface area contributed by atoms with Gasteiger partial charge in [-0.25, -0.2) is 0 Å². The van der Waals surface area contributed by atoms with Gasteiger partial charge in [0.2, 0.25) is 0 Å². The molecule has 0 saturated heterocycles. The molecule has 0 bridgehead atoms. The van der Waals surface area contributed by atoms with Gasteiger partial charge in [0.15, 0.2) is 0 Å². The molecule has 0 aliphatic heterocycles. The minimum absolute atomic E-state index is 0.166. The zero-order valence-electron chi connectivity index (χ0n) is 12.7. The molecule has 1 fully saturated rings. The molecule has 0 radical (unpaired) electrons. The van der Waals surface area contributed by atoms with Crippen molar-refractivity contribution in [3.63, 3.8) is 0 Å². The van der Waals surface area contributed by atoms with Gasteiger partial charge >= 0.3 is 5.97 Å². The second-order valence-electron chi connectivity index (χ2n) is 7.07. The van der Waals surface area contributed by atoms with Crippen molar-refractivity contribution in [2.75, 3.05) is 13.4 Å². The highest BCUT2D eigenvalue weighted by Crippen LogP contribution is 2.37. The van der Waals surface area contributed by atoms with E-state index in [2.05, 4.69) is 19.6 Å². The van der Waals surface area contributed by atoms with Crippen molar-refractivity contribution in [2.24, 2.45) is 5.41 Å². The Bertz CT molecular complexity index is 290. The summed E-state index contributed by atoms with van der Waals surface area (Å²) in [6, 6.07) is 1.15. The fraction of sp³-hybridized carbons (Fsp3) is 0.929. The maximum Gasteiger partial charge on any atom is 0.309 e. The monoisotopic (exact) mass is 288 g/mol. The third kappa shape index (κ3) is 6.06. The van der Waals surface area contributed by atoms with Crippen molar-refractivity contribution in [2.45, 2.75) is 64.4 Å². The van der Waals surface area contributed by atoms with Crippen molar-refractivity contribution in [1.29, 1.82) is 0 Å². The van der Waals surface area contributed by atoms with E-state index in [1.807, 2.05) is 6.92 Å². The largest absolute Gasteiger partial charge is 0.481 e. The standard InChI is InChI=1S/C14H28O4Si/c1-14(13(15)16)7-5-12(6-8-14)18-11-17-9-10-19(2,3)4/h12H,5-11H2,1-4H3,(H,15,16). The Labute approximate surface area is 117 Å². The fourth-order valence-electron chi connectivity index (χ4n) is 2.19. The highest BCUT2D eigenvalue weighted by atomic mass is 28.3. The summed E-state index contributed by atoms with van der Waals surface area (Å²) >= 11 is 0. The van der Waals surface area contributed by atoms with E-state index in [1.54, 1.807) is 0 Å². The van der Waals surface area contributed by atoms with Crippen LogP contribution >= 0.6 is 0 Å². The number of aliphatic carboxylic acids is 1. The summed E-state index contributed by atoms with van der Waals surface area (Å²) in [6.45, 7) is 9.92. The lowest BCUT2D eigenvalue weighted by Gasteiger charge is -2.33. The summed E-state index contributed by atoms with van der Waals surface area (Å²) in [5.41, 5.74) is -0.557. The lowest BCUT2D eigenvalue weighted by molar-refractivity contribution is -0.154. The van der Waals surface area contributed by atoms with Crippen LogP contribution in [0.25, 0.3) is 0 Å². The molecule has 1 aliphatic carbocycles. The molecule has 4 nitrogen and oxygen atoms in total. The highest BCUT2D eigenvalue weighted by Gasteiger charge is 2.37. The predicted octanol–water partition coefficient (Wildman–Crippen LogP) is 3.35. The zero-order valence-corrected chi connectivity index (χ0v) is 13.7. The van der Waals surface area contributed by atoms with E-state index in [0.717, 1.165) is 25.5 Å². The normalized spacial score (nSPS) is 28.3. The maximum atomic E-state index is 11.1. The lowest BCUT2D eigenvalue weighted by atomic mass is 9.75. The lowest BCUT2D eigenvalue weighted by Crippen LogP contribution is -2.35. The van der Waals surface area contributed by atoms with Crippen LogP contribution < -0.4 is 0 Å². The van der Waals surface area contributed by atoms with Crippen LogP contribution in [0.3, 0.4) is 0 Å². The molecule has 1 rings (SSSR count). The smallest absolute Gasteiger partial charge is 0.309 e. The first-order valence-electron chi connectivity index (χ1n) is 7.16. The molecular weight excluding hydrogens is 260 g/mol. The van der Waals surface area contributed by atoms with Crippen molar-refractivity contribution in [3.05, 3.63) is 0 Å². The summed E-state index contributed by atoms with van der Waals surface area (Å²) in [7, 11) is -1.02. The number of rotatable bonds is 7. The molecule has 19 heavy (non-hydrogen) atoms. The second kappa shape index (κ2) is 6.86. The van der Waals surface area contributed by atoms with E-state index in [4.69, 9.17) is 14.6 Å². The van der Waals surface area contributed by atoms with Gasteiger partial charge in [0.1, 0.15) is 6.79 Å². The molecule has 1 N–H and O–H groups in total. The third-order valence-corrected chi connectivity index (χ3v) is 5.64. The van der Waals surface area contributed by atoms with Crippen LogP contribution in [0.5, 0.6) is 0 Å². The average molecular weight is 288 g/mol.